The summed E-state index contributed by atoms with van der Waals surface area (Å²) < 4.78 is 63.3. The summed E-state index contributed by atoms with van der Waals surface area (Å²) in [6.45, 7) is 0. The summed E-state index contributed by atoms with van der Waals surface area (Å²) in [5.41, 5.74) is -0.985. The highest BCUT2D eigenvalue weighted by Crippen LogP contribution is 2.24. The van der Waals surface area contributed by atoms with Gasteiger partial charge in [0, 0.05) is 0 Å². The zero-order chi connectivity index (χ0) is 17.0. The van der Waals surface area contributed by atoms with Crippen molar-refractivity contribution in [3.8, 4) is 11.5 Å². The molecule has 0 aliphatic heterocycles. The SMILES string of the molecule is O=Cc1ccc(OBOc2ccc(C=O)c(F)c2F)c(F)c1F. The third-order valence-electron chi connectivity index (χ3n) is 2.84. The van der Waals surface area contributed by atoms with Gasteiger partial charge in [0.05, 0.1) is 11.1 Å². The molecule has 4 nitrogen and oxygen atoms in total. The van der Waals surface area contributed by atoms with E-state index in [9.17, 15) is 27.2 Å². The normalized spacial score (nSPS) is 10.1. The van der Waals surface area contributed by atoms with Crippen LogP contribution in [0, 0.1) is 23.3 Å². The van der Waals surface area contributed by atoms with Gasteiger partial charge in [0.1, 0.15) is 11.5 Å². The van der Waals surface area contributed by atoms with Crippen molar-refractivity contribution in [3.05, 3.63) is 58.7 Å². The van der Waals surface area contributed by atoms with E-state index in [1.165, 1.54) is 0 Å². The van der Waals surface area contributed by atoms with Crippen LogP contribution in [-0.4, -0.2) is 20.3 Å². The van der Waals surface area contributed by atoms with E-state index in [-0.39, 0.29) is 12.6 Å². The quantitative estimate of drug-likeness (QED) is 0.465. The van der Waals surface area contributed by atoms with E-state index in [1.807, 2.05) is 0 Å². The lowest BCUT2D eigenvalue weighted by atomic mass is 10.2. The van der Waals surface area contributed by atoms with Crippen LogP contribution in [0.3, 0.4) is 0 Å². The fourth-order valence-corrected chi connectivity index (χ4v) is 1.65. The average Bonchev–Trinajstić information content (AvgIpc) is 2.55. The summed E-state index contributed by atoms with van der Waals surface area (Å²) in [6, 6.07) is 3.94. The lowest BCUT2D eigenvalue weighted by Gasteiger charge is -2.10. The first-order valence-corrected chi connectivity index (χ1v) is 6.11. The largest absolute Gasteiger partial charge is 0.576 e. The van der Waals surface area contributed by atoms with Crippen molar-refractivity contribution in [1.29, 1.82) is 0 Å². The van der Waals surface area contributed by atoms with Crippen LogP contribution in [0.15, 0.2) is 24.3 Å². The van der Waals surface area contributed by atoms with E-state index in [1.54, 1.807) is 0 Å². The number of carbonyl (C=O) groups excluding carboxylic acids is 2. The smallest absolute Gasteiger partial charge is 0.526 e. The molecule has 23 heavy (non-hydrogen) atoms. The van der Waals surface area contributed by atoms with Gasteiger partial charge in [-0.05, 0) is 24.3 Å². The van der Waals surface area contributed by atoms with E-state index in [2.05, 4.69) is 0 Å². The third-order valence-corrected chi connectivity index (χ3v) is 2.84. The van der Waals surface area contributed by atoms with Crippen LogP contribution in [0.25, 0.3) is 0 Å². The predicted molar refractivity (Wildman–Crippen MR) is 71.9 cm³/mol. The average molecular weight is 326 g/mol. The Morgan fingerprint density at radius 1 is 0.696 bits per heavy atom. The van der Waals surface area contributed by atoms with Crippen molar-refractivity contribution in [2.75, 3.05) is 0 Å². The van der Waals surface area contributed by atoms with Gasteiger partial charge in [-0.2, -0.15) is 8.78 Å². The highest BCUT2D eigenvalue weighted by Gasteiger charge is 2.17. The standard InChI is InChI=1S/C14H7BF4O4/c16-11-7(5-20)1-3-9(13(11)18)22-15-23-10-4-2-8(6-21)12(17)14(10)19/h1-6,15H. The molecule has 9 heteroatoms. The molecule has 0 heterocycles. The molecule has 0 atom stereocenters. The fraction of sp³-hybridized carbons (Fsp3) is 0. The van der Waals surface area contributed by atoms with E-state index >= 15 is 0 Å². The summed E-state index contributed by atoms with van der Waals surface area (Å²) in [5.74, 6) is -6.77. The minimum Gasteiger partial charge on any atom is -0.526 e. The second-order valence-electron chi connectivity index (χ2n) is 4.20. The molecule has 2 aromatic rings. The topological polar surface area (TPSA) is 52.6 Å². The molecule has 0 amide bonds. The van der Waals surface area contributed by atoms with Gasteiger partial charge in [-0.25, -0.2) is 8.78 Å². The summed E-state index contributed by atoms with van der Waals surface area (Å²) in [4.78, 5) is 20.9. The van der Waals surface area contributed by atoms with Gasteiger partial charge in [0.15, 0.2) is 35.8 Å². The molecule has 0 aromatic heterocycles. The van der Waals surface area contributed by atoms with Crippen LogP contribution in [0.2, 0.25) is 0 Å². The highest BCUT2D eigenvalue weighted by atomic mass is 19.2. The molecule has 0 bridgehead atoms. The van der Waals surface area contributed by atoms with Crippen molar-refractivity contribution >= 4 is 20.3 Å². The van der Waals surface area contributed by atoms with Gasteiger partial charge in [-0.1, -0.05) is 0 Å². The van der Waals surface area contributed by atoms with Gasteiger partial charge in [-0.3, -0.25) is 9.59 Å². The maximum absolute atomic E-state index is 13.5. The molecule has 0 unspecified atom stereocenters. The molecule has 0 fully saturated rings. The zero-order valence-electron chi connectivity index (χ0n) is 11.3. The summed E-state index contributed by atoms with van der Waals surface area (Å²) in [7, 11) is -0.756. The Labute approximate surface area is 127 Å². The van der Waals surface area contributed by atoms with E-state index in [0.717, 1.165) is 24.3 Å². The maximum atomic E-state index is 13.5. The number of benzene rings is 2. The second-order valence-corrected chi connectivity index (χ2v) is 4.20. The van der Waals surface area contributed by atoms with Crippen LogP contribution in [0.1, 0.15) is 20.7 Å². The minimum absolute atomic E-state index is 0.130. The van der Waals surface area contributed by atoms with Crippen LogP contribution < -0.4 is 9.31 Å². The van der Waals surface area contributed by atoms with Gasteiger partial charge in [0.25, 0.3) is 0 Å². The van der Waals surface area contributed by atoms with Crippen molar-refractivity contribution in [2.45, 2.75) is 0 Å². The Morgan fingerprint density at radius 2 is 1.09 bits per heavy atom. The Hall–Kier alpha value is -2.84. The molecular weight excluding hydrogens is 319 g/mol. The molecule has 2 rings (SSSR count). The molecular formula is C14H7BF4O4. The Bertz CT molecular complexity index is 703. The first kappa shape index (κ1) is 16.5. The van der Waals surface area contributed by atoms with Gasteiger partial charge in [0.2, 0.25) is 0 Å². The summed E-state index contributed by atoms with van der Waals surface area (Å²) >= 11 is 0. The monoisotopic (exact) mass is 326 g/mol. The van der Waals surface area contributed by atoms with E-state index in [4.69, 9.17) is 9.31 Å². The van der Waals surface area contributed by atoms with E-state index < -0.39 is 53.6 Å². The van der Waals surface area contributed by atoms with Gasteiger partial charge < -0.3 is 9.31 Å². The van der Waals surface area contributed by atoms with Crippen LogP contribution >= 0.6 is 0 Å². The lowest BCUT2D eigenvalue weighted by Crippen LogP contribution is -2.14. The molecule has 0 radical (unpaired) electrons. The first-order chi connectivity index (χ1) is 11.0. The Morgan fingerprint density at radius 3 is 1.43 bits per heavy atom. The number of aldehydes is 2. The molecule has 0 saturated carbocycles. The predicted octanol–water partition coefficient (Wildman–Crippen LogP) is 2.59. The lowest BCUT2D eigenvalue weighted by molar-refractivity contribution is 0.111. The molecule has 0 aliphatic rings. The number of carbonyl (C=O) groups is 2. The summed E-state index contributed by atoms with van der Waals surface area (Å²) in [6.07, 6.45) is 0.261. The summed E-state index contributed by atoms with van der Waals surface area (Å²) in [5, 5.41) is 0. The molecule has 118 valence electrons. The van der Waals surface area contributed by atoms with Crippen molar-refractivity contribution in [1.82, 2.24) is 0 Å². The maximum Gasteiger partial charge on any atom is 0.576 e. The Kier molecular flexibility index (Phi) is 5.00. The minimum atomic E-state index is -1.42. The second kappa shape index (κ2) is 6.95. The van der Waals surface area contributed by atoms with Crippen LogP contribution in [0.5, 0.6) is 11.5 Å². The molecule has 0 saturated heterocycles. The van der Waals surface area contributed by atoms with E-state index in [0.29, 0.717) is 0 Å². The zero-order valence-corrected chi connectivity index (χ0v) is 11.3. The van der Waals surface area contributed by atoms with Gasteiger partial charge in [-0.15, -0.1) is 0 Å². The number of halogens is 4. The molecule has 2 aromatic carbocycles. The molecule has 0 spiro atoms. The van der Waals surface area contributed by atoms with Gasteiger partial charge >= 0.3 is 7.69 Å². The van der Waals surface area contributed by atoms with Crippen molar-refractivity contribution in [2.24, 2.45) is 0 Å². The Balaban J connectivity index is 2.09. The van der Waals surface area contributed by atoms with Crippen molar-refractivity contribution in [3.63, 3.8) is 0 Å². The molecule has 0 N–H and O–H groups in total. The van der Waals surface area contributed by atoms with Crippen LogP contribution in [-0.2, 0) is 0 Å². The number of rotatable bonds is 6. The first-order valence-electron chi connectivity index (χ1n) is 6.11. The number of hydrogen-bond donors (Lipinski definition) is 0. The third kappa shape index (κ3) is 3.33. The number of hydrogen-bond acceptors (Lipinski definition) is 4. The fourth-order valence-electron chi connectivity index (χ4n) is 1.65. The molecule has 0 aliphatic carbocycles. The van der Waals surface area contributed by atoms with Crippen LogP contribution in [0.4, 0.5) is 17.6 Å². The highest BCUT2D eigenvalue weighted by molar-refractivity contribution is 6.20. The van der Waals surface area contributed by atoms with Crippen molar-refractivity contribution < 1.29 is 36.5 Å².